The minimum absolute atomic E-state index is 0.409. The monoisotopic (exact) mass is 866 g/mol. The van der Waals surface area contributed by atoms with Gasteiger partial charge in [-0.2, -0.15) is 0 Å². The largest absolute Gasteiger partial charge is 0.308 e. The highest BCUT2D eigenvalue weighted by molar-refractivity contribution is 7.26. The van der Waals surface area contributed by atoms with Crippen LogP contribution in [0.3, 0.4) is 0 Å². The van der Waals surface area contributed by atoms with Crippen molar-refractivity contribution in [3.05, 3.63) is 206 Å². The Balaban J connectivity index is 1.06. The molecule has 0 saturated carbocycles. The Morgan fingerprint density at radius 1 is 0.369 bits per heavy atom. The van der Waals surface area contributed by atoms with Gasteiger partial charge in [0, 0.05) is 85.0 Å². The van der Waals surface area contributed by atoms with Crippen LogP contribution in [0.15, 0.2) is 194 Å². The van der Waals surface area contributed by atoms with Crippen LogP contribution in [0.25, 0.3) is 118 Å². The molecule has 0 bridgehead atoms. The van der Waals surface area contributed by atoms with Crippen molar-refractivity contribution >= 4 is 107 Å². The lowest BCUT2D eigenvalue weighted by Crippen LogP contribution is -2.09. The Morgan fingerprint density at radius 2 is 0.846 bits per heavy atom. The zero-order valence-corrected chi connectivity index (χ0v) is 36.3. The molecule has 0 aliphatic rings. The number of aromatic nitrogens is 6. The van der Waals surface area contributed by atoms with Crippen LogP contribution in [0, 0.1) is 0 Å². The average Bonchev–Trinajstić information content (AvgIpc) is 4.10. The van der Waals surface area contributed by atoms with Crippen molar-refractivity contribution in [1.29, 1.82) is 0 Å². The molecule has 8 aromatic carbocycles. The van der Waals surface area contributed by atoms with Crippen molar-refractivity contribution in [1.82, 2.24) is 29.1 Å². The van der Waals surface area contributed by atoms with Gasteiger partial charge in [0.1, 0.15) is 11.6 Å². The third-order valence-electron chi connectivity index (χ3n) is 12.8. The van der Waals surface area contributed by atoms with Crippen LogP contribution in [0.4, 0.5) is 0 Å². The molecule has 14 aromatic rings. The fourth-order valence-electron chi connectivity index (χ4n) is 9.93. The lowest BCUT2D eigenvalue weighted by Gasteiger charge is -2.16. The van der Waals surface area contributed by atoms with E-state index >= 15 is 0 Å². The third kappa shape index (κ3) is 5.71. The minimum atomic E-state index is 0.409. The highest BCUT2D eigenvalue weighted by atomic mass is 32.1. The third-order valence-corrected chi connectivity index (χ3v) is 15.1. The van der Waals surface area contributed by atoms with Gasteiger partial charge in [0.25, 0.3) is 0 Å². The fourth-order valence-corrected chi connectivity index (χ4v) is 12.2. The number of pyridine rings is 1. The first-order valence-corrected chi connectivity index (χ1v) is 23.4. The Labute approximate surface area is 380 Å². The number of fused-ring (bicyclic) bond motifs is 12. The maximum Gasteiger partial charge on any atom is 0.163 e. The molecule has 0 N–H and O–H groups in total. The SMILES string of the molecule is c1ccc(-c2nc(Cc3cc(-n4c5ccccc5c5cc6sc7ccccc7c6cc54)cnc3-n3c4ccccc4c4cc5sc6ccccc6c5cc43)nc(-c3ccccc3)n2)cc1. The molecule has 0 radical (unpaired) electrons. The molecule has 6 nitrogen and oxygen atoms in total. The van der Waals surface area contributed by atoms with E-state index < -0.39 is 0 Å². The average molecular weight is 867 g/mol. The molecule has 0 saturated heterocycles. The van der Waals surface area contributed by atoms with Crippen LogP contribution in [-0.2, 0) is 6.42 Å². The summed E-state index contributed by atoms with van der Waals surface area (Å²) in [4.78, 5) is 21.0. The Morgan fingerprint density at radius 3 is 1.42 bits per heavy atom. The van der Waals surface area contributed by atoms with Gasteiger partial charge in [0.05, 0.1) is 34.0 Å². The summed E-state index contributed by atoms with van der Waals surface area (Å²) in [5.74, 6) is 2.78. The predicted octanol–water partition coefficient (Wildman–Crippen LogP) is 15.1. The highest BCUT2D eigenvalue weighted by Crippen LogP contribution is 2.43. The number of para-hydroxylation sites is 2. The molecule has 0 aliphatic carbocycles. The molecule has 0 atom stereocenters. The van der Waals surface area contributed by atoms with E-state index in [4.69, 9.17) is 19.9 Å². The molecule has 0 spiro atoms. The Kier molecular flexibility index (Phi) is 7.98. The van der Waals surface area contributed by atoms with Crippen LogP contribution in [0.1, 0.15) is 11.4 Å². The molecule has 0 unspecified atom stereocenters. The van der Waals surface area contributed by atoms with Crippen LogP contribution < -0.4 is 0 Å². The highest BCUT2D eigenvalue weighted by Gasteiger charge is 2.23. The molecule has 6 heterocycles. The van der Waals surface area contributed by atoms with E-state index in [1.54, 1.807) is 0 Å². The second kappa shape index (κ2) is 14.2. The molecule has 0 fully saturated rings. The molecule has 6 aromatic heterocycles. The standard InChI is InChI=1S/C57H34N6S2/c1-3-15-34(16-4-1)55-59-54(60-56(61-55)35-17-5-2-6-18-35)28-36-27-37(62-46-23-11-7-19-38(46)42-31-52-44(29-48(42)62)40-21-9-13-25-50(40)64-52)33-58-57(36)63-47-24-12-8-20-39(47)43-32-53-45(30-49(43)63)41-22-10-14-26-51(41)65-53/h1-27,29-33H,28H2. The van der Waals surface area contributed by atoms with Gasteiger partial charge < -0.3 is 4.57 Å². The molecule has 14 rings (SSSR count). The summed E-state index contributed by atoms with van der Waals surface area (Å²) < 4.78 is 9.89. The predicted molar refractivity (Wildman–Crippen MR) is 272 cm³/mol. The number of rotatable bonds is 6. The van der Waals surface area contributed by atoms with Crippen molar-refractivity contribution in [2.45, 2.75) is 6.42 Å². The summed E-state index contributed by atoms with van der Waals surface area (Å²) in [7, 11) is 0. The second-order valence-electron chi connectivity index (χ2n) is 16.6. The van der Waals surface area contributed by atoms with Gasteiger partial charge in [0.2, 0.25) is 0 Å². The zero-order valence-electron chi connectivity index (χ0n) is 34.7. The first-order valence-electron chi connectivity index (χ1n) is 21.7. The second-order valence-corrected chi connectivity index (χ2v) is 18.8. The van der Waals surface area contributed by atoms with Crippen molar-refractivity contribution in [2.75, 3.05) is 0 Å². The quantitative estimate of drug-likeness (QED) is 0.167. The molecule has 304 valence electrons. The maximum atomic E-state index is 5.56. The zero-order chi connectivity index (χ0) is 42.6. The molecular formula is C57H34N6S2. The smallest absolute Gasteiger partial charge is 0.163 e. The van der Waals surface area contributed by atoms with Gasteiger partial charge in [-0.3, -0.25) is 4.57 Å². The van der Waals surface area contributed by atoms with E-state index in [2.05, 4.69) is 167 Å². The summed E-state index contributed by atoms with van der Waals surface area (Å²) in [6.45, 7) is 0. The maximum absolute atomic E-state index is 5.56. The fraction of sp³-hybridized carbons (Fsp3) is 0.0175. The first kappa shape index (κ1) is 36.4. The van der Waals surface area contributed by atoms with E-state index in [9.17, 15) is 0 Å². The summed E-state index contributed by atoms with van der Waals surface area (Å²) >= 11 is 3.70. The number of thiophene rings is 2. The Bertz CT molecular complexity index is 4160. The van der Waals surface area contributed by atoms with Crippen molar-refractivity contribution < 1.29 is 0 Å². The van der Waals surface area contributed by atoms with E-state index in [0.717, 1.165) is 50.3 Å². The van der Waals surface area contributed by atoms with Crippen molar-refractivity contribution in [3.8, 4) is 34.3 Å². The van der Waals surface area contributed by atoms with E-state index in [1.165, 1.54) is 61.9 Å². The normalized spacial score (nSPS) is 12.1. The topological polar surface area (TPSA) is 61.4 Å². The summed E-state index contributed by atoms with van der Waals surface area (Å²) in [6.07, 6.45) is 2.46. The van der Waals surface area contributed by atoms with Gasteiger partial charge in [-0.15, -0.1) is 22.7 Å². The van der Waals surface area contributed by atoms with Crippen LogP contribution in [0.5, 0.6) is 0 Å². The first-order chi connectivity index (χ1) is 32.2. The van der Waals surface area contributed by atoms with Gasteiger partial charge in [0.15, 0.2) is 11.6 Å². The molecule has 0 aliphatic heterocycles. The van der Waals surface area contributed by atoms with E-state index in [-0.39, 0.29) is 0 Å². The lowest BCUT2D eigenvalue weighted by molar-refractivity contribution is 0.910. The number of benzene rings is 8. The number of hydrogen-bond acceptors (Lipinski definition) is 6. The van der Waals surface area contributed by atoms with E-state index in [1.807, 2.05) is 59.1 Å². The van der Waals surface area contributed by atoms with E-state index in [0.29, 0.717) is 23.9 Å². The van der Waals surface area contributed by atoms with Crippen LogP contribution in [0.2, 0.25) is 0 Å². The van der Waals surface area contributed by atoms with Crippen molar-refractivity contribution in [2.24, 2.45) is 0 Å². The molecule has 8 heteroatoms. The number of hydrogen-bond donors (Lipinski definition) is 0. The Hall–Kier alpha value is -8.04. The number of nitrogens with zero attached hydrogens (tertiary/aromatic N) is 6. The van der Waals surface area contributed by atoms with Crippen molar-refractivity contribution in [3.63, 3.8) is 0 Å². The van der Waals surface area contributed by atoms with Gasteiger partial charge in [-0.1, -0.05) is 133 Å². The molecular weight excluding hydrogens is 833 g/mol. The summed E-state index contributed by atoms with van der Waals surface area (Å²) in [6, 6.07) is 67.1. The van der Waals surface area contributed by atoms with Gasteiger partial charge in [-0.05, 0) is 54.6 Å². The van der Waals surface area contributed by atoms with Gasteiger partial charge >= 0.3 is 0 Å². The summed E-state index contributed by atoms with van der Waals surface area (Å²) in [5.41, 5.74) is 8.33. The van der Waals surface area contributed by atoms with Crippen LogP contribution in [-0.4, -0.2) is 29.1 Å². The summed E-state index contributed by atoms with van der Waals surface area (Å²) in [5, 5.41) is 9.86. The molecule has 65 heavy (non-hydrogen) atoms. The molecule has 0 amide bonds. The van der Waals surface area contributed by atoms with Gasteiger partial charge in [-0.25, -0.2) is 19.9 Å². The lowest BCUT2D eigenvalue weighted by atomic mass is 10.1. The minimum Gasteiger partial charge on any atom is -0.308 e. The van der Waals surface area contributed by atoms with Crippen LogP contribution >= 0.6 is 22.7 Å².